The molecule has 0 heterocycles. The van der Waals surface area contributed by atoms with Gasteiger partial charge in [0, 0.05) is 12.8 Å². The number of aliphatic hydroxyl groups excluding tert-OH is 2. The number of nitrogens with one attached hydrogen (secondary N) is 1. The zero-order valence-electron chi connectivity index (χ0n) is 54.8. The fourth-order valence-electron chi connectivity index (χ4n) is 11.5. The normalized spacial score (nSPS) is 12.7. The summed E-state index contributed by atoms with van der Waals surface area (Å²) in [4.78, 5) is 24.6. The summed E-state index contributed by atoms with van der Waals surface area (Å²) in [5.41, 5.74) is 0. The molecule has 478 valence electrons. The van der Waals surface area contributed by atoms with Gasteiger partial charge in [-0.3, -0.25) is 9.59 Å². The lowest BCUT2D eigenvalue weighted by atomic mass is 10.0. The van der Waals surface area contributed by atoms with Gasteiger partial charge in [-0.05, 0) is 83.5 Å². The summed E-state index contributed by atoms with van der Waals surface area (Å²) in [6.45, 7) is 4.93. The van der Waals surface area contributed by atoms with Gasteiger partial charge in [0.15, 0.2) is 0 Å². The van der Waals surface area contributed by atoms with Crippen LogP contribution >= 0.6 is 0 Å². The second kappa shape index (κ2) is 70.6. The van der Waals surface area contributed by atoms with Crippen LogP contribution in [-0.4, -0.2) is 47.4 Å². The molecule has 0 aromatic rings. The van der Waals surface area contributed by atoms with Gasteiger partial charge in [0.1, 0.15) is 0 Å². The molecule has 81 heavy (non-hydrogen) atoms. The highest BCUT2D eigenvalue weighted by atomic mass is 16.5. The average molecular weight is 1140 g/mol. The molecule has 6 heteroatoms. The first-order valence-corrected chi connectivity index (χ1v) is 36.8. The number of rotatable bonds is 69. The standard InChI is InChI=1S/C75H143NO5/c1-3-5-7-9-11-13-15-17-19-21-32-37-41-45-49-53-57-61-65-69-75(80)81-70-66-62-58-54-50-46-42-38-34-31-29-27-25-23-22-24-26-28-30-33-36-40-44-48-52-56-60-64-68-74(79)76-72(71-77)73(78)67-63-59-55-51-47-43-39-35-20-18-16-14-12-10-8-6-4-2/h17,19,22-23,63,67,72-73,77-78H,3-16,18,20-21,24-62,64-66,68-71H2,1-2H3,(H,76,79)/b19-17-,23-22-,67-63+. The third-order valence-electron chi connectivity index (χ3n) is 17.1. The molecule has 0 bridgehead atoms. The summed E-state index contributed by atoms with van der Waals surface area (Å²) in [5.74, 6) is -0.0494. The maximum atomic E-state index is 12.5. The van der Waals surface area contributed by atoms with E-state index in [1.54, 1.807) is 6.08 Å². The number of aliphatic hydroxyl groups is 2. The summed E-state index contributed by atoms with van der Waals surface area (Å²) < 4.78 is 5.51. The van der Waals surface area contributed by atoms with E-state index in [4.69, 9.17) is 4.74 Å². The van der Waals surface area contributed by atoms with Crippen LogP contribution in [0.25, 0.3) is 0 Å². The van der Waals surface area contributed by atoms with Gasteiger partial charge >= 0.3 is 5.97 Å². The number of carbonyl (C=O) groups excluding carboxylic acids is 2. The first kappa shape index (κ1) is 79.1. The maximum absolute atomic E-state index is 12.5. The average Bonchev–Trinajstić information content (AvgIpc) is 3.47. The number of allylic oxidation sites excluding steroid dienone is 5. The molecule has 2 unspecified atom stereocenters. The lowest BCUT2D eigenvalue weighted by Gasteiger charge is -2.20. The Morgan fingerprint density at radius 1 is 0.333 bits per heavy atom. The number of carbonyl (C=O) groups is 2. The van der Waals surface area contributed by atoms with Crippen LogP contribution in [-0.2, 0) is 14.3 Å². The molecule has 0 aromatic heterocycles. The molecule has 0 radical (unpaired) electrons. The molecule has 0 saturated carbocycles. The summed E-state index contributed by atoms with van der Waals surface area (Å²) in [6, 6.07) is -0.628. The van der Waals surface area contributed by atoms with Gasteiger partial charge in [-0.1, -0.05) is 346 Å². The van der Waals surface area contributed by atoms with Gasteiger partial charge < -0.3 is 20.3 Å². The van der Waals surface area contributed by atoms with E-state index in [-0.39, 0.29) is 18.5 Å². The number of amides is 1. The van der Waals surface area contributed by atoms with Crippen molar-refractivity contribution in [3.8, 4) is 0 Å². The molecule has 0 saturated heterocycles. The van der Waals surface area contributed by atoms with Gasteiger partial charge in [0.05, 0.1) is 25.4 Å². The van der Waals surface area contributed by atoms with Crippen LogP contribution in [0.2, 0.25) is 0 Å². The van der Waals surface area contributed by atoms with Crippen LogP contribution in [0.15, 0.2) is 36.5 Å². The van der Waals surface area contributed by atoms with Gasteiger partial charge in [0.25, 0.3) is 0 Å². The van der Waals surface area contributed by atoms with Crippen molar-refractivity contribution in [2.45, 2.75) is 418 Å². The Hall–Kier alpha value is -1.92. The van der Waals surface area contributed by atoms with Crippen molar-refractivity contribution in [1.82, 2.24) is 5.32 Å². The van der Waals surface area contributed by atoms with E-state index in [1.165, 1.54) is 340 Å². The Bertz CT molecular complexity index is 1310. The molecular weight excluding hydrogens is 995 g/mol. The van der Waals surface area contributed by atoms with Crippen LogP contribution in [0.1, 0.15) is 406 Å². The van der Waals surface area contributed by atoms with E-state index in [1.807, 2.05) is 6.08 Å². The molecule has 0 rings (SSSR count). The molecule has 0 fully saturated rings. The molecule has 3 N–H and O–H groups in total. The Morgan fingerprint density at radius 2 is 0.580 bits per heavy atom. The zero-order chi connectivity index (χ0) is 58.5. The van der Waals surface area contributed by atoms with Crippen molar-refractivity contribution in [1.29, 1.82) is 0 Å². The van der Waals surface area contributed by atoms with Gasteiger partial charge in [0.2, 0.25) is 5.91 Å². The number of hydrogen-bond donors (Lipinski definition) is 3. The number of ether oxygens (including phenoxy) is 1. The van der Waals surface area contributed by atoms with E-state index >= 15 is 0 Å². The predicted molar refractivity (Wildman–Crippen MR) is 356 cm³/mol. The van der Waals surface area contributed by atoms with Crippen molar-refractivity contribution < 1.29 is 24.5 Å². The van der Waals surface area contributed by atoms with Crippen molar-refractivity contribution in [3.63, 3.8) is 0 Å². The highest BCUT2D eigenvalue weighted by molar-refractivity contribution is 5.76. The molecule has 0 spiro atoms. The Labute approximate surface area is 506 Å². The molecule has 0 aliphatic heterocycles. The van der Waals surface area contributed by atoms with Crippen molar-refractivity contribution >= 4 is 11.9 Å². The predicted octanol–water partition coefficient (Wildman–Crippen LogP) is 23.9. The third kappa shape index (κ3) is 67.1. The van der Waals surface area contributed by atoms with Gasteiger partial charge in [-0.2, -0.15) is 0 Å². The SMILES string of the molecule is CCCCCCCC/C=C\CCCCCCCCCCCC(=O)OCCCCCCCCCCCCCC/C=C\CCCCCCCCCCCCCCC(=O)NC(CO)C(O)/C=C/CCCCCCCCCCCCCCCCC. The fraction of sp³-hybridized carbons (Fsp3) is 0.893. The fourth-order valence-corrected chi connectivity index (χ4v) is 11.5. The topological polar surface area (TPSA) is 95.9 Å². The van der Waals surface area contributed by atoms with Crippen LogP contribution in [0, 0.1) is 0 Å². The molecule has 0 aliphatic rings. The minimum absolute atomic E-state index is 0.0156. The molecule has 0 aliphatic carbocycles. The van der Waals surface area contributed by atoms with Crippen LogP contribution in [0.5, 0.6) is 0 Å². The van der Waals surface area contributed by atoms with Crippen molar-refractivity contribution in [2.75, 3.05) is 13.2 Å². The van der Waals surface area contributed by atoms with E-state index < -0.39 is 12.1 Å². The number of hydrogen-bond acceptors (Lipinski definition) is 5. The largest absolute Gasteiger partial charge is 0.466 e. The van der Waals surface area contributed by atoms with Gasteiger partial charge in [-0.15, -0.1) is 0 Å². The second-order valence-corrected chi connectivity index (χ2v) is 25.3. The summed E-state index contributed by atoms with van der Waals surface area (Å²) in [5, 5.41) is 23.2. The molecule has 6 nitrogen and oxygen atoms in total. The quantitative estimate of drug-likeness (QED) is 0.0320. The molecule has 1 amide bonds. The van der Waals surface area contributed by atoms with E-state index in [2.05, 4.69) is 43.5 Å². The number of esters is 1. The number of unbranched alkanes of at least 4 members (excludes halogenated alkanes) is 54. The minimum atomic E-state index is -0.845. The first-order chi connectivity index (χ1) is 40.0. The lowest BCUT2D eigenvalue weighted by Crippen LogP contribution is -2.45. The molecule has 2 atom stereocenters. The maximum Gasteiger partial charge on any atom is 0.305 e. The van der Waals surface area contributed by atoms with E-state index in [0.29, 0.717) is 19.4 Å². The summed E-state index contributed by atoms with van der Waals surface area (Å²) in [7, 11) is 0. The zero-order valence-corrected chi connectivity index (χ0v) is 54.8. The summed E-state index contributed by atoms with van der Waals surface area (Å²) >= 11 is 0. The van der Waals surface area contributed by atoms with E-state index in [9.17, 15) is 19.8 Å². The van der Waals surface area contributed by atoms with E-state index in [0.717, 1.165) is 38.5 Å². The minimum Gasteiger partial charge on any atom is -0.466 e. The smallest absolute Gasteiger partial charge is 0.305 e. The first-order valence-electron chi connectivity index (χ1n) is 36.8. The molecular formula is C75H143NO5. The van der Waals surface area contributed by atoms with Crippen LogP contribution in [0.4, 0.5) is 0 Å². The lowest BCUT2D eigenvalue weighted by molar-refractivity contribution is -0.143. The highest BCUT2D eigenvalue weighted by Gasteiger charge is 2.18. The van der Waals surface area contributed by atoms with Gasteiger partial charge in [-0.25, -0.2) is 0 Å². The summed E-state index contributed by atoms with van der Waals surface area (Å²) in [6.07, 6.45) is 90.9. The molecule has 0 aromatic carbocycles. The van der Waals surface area contributed by atoms with Crippen LogP contribution < -0.4 is 5.32 Å². The second-order valence-electron chi connectivity index (χ2n) is 25.3. The highest BCUT2D eigenvalue weighted by Crippen LogP contribution is 2.18. The Kier molecular flexibility index (Phi) is 68.9. The van der Waals surface area contributed by atoms with Crippen molar-refractivity contribution in [2.24, 2.45) is 0 Å². The van der Waals surface area contributed by atoms with Crippen LogP contribution in [0.3, 0.4) is 0 Å². The Morgan fingerprint density at radius 3 is 0.877 bits per heavy atom. The van der Waals surface area contributed by atoms with Crippen molar-refractivity contribution in [3.05, 3.63) is 36.5 Å². The monoisotopic (exact) mass is 1140 g/mol. The Balaban J connectivity index is 3.38. The third-order valence-corrected chi connectivity index (χ3v) is 17.1.